The van der Waals surface area contributed by atoms with E-state index in [0.29, 0.717) is 13.1 Å². The zero-order chi connectivity index (χ0) is 13.4. The van der Waals surface area contributed by atoms with Crippen LogP contribution < -0.4 is 5.73 Å². The lowest BCUT2D eigenvalue weighted by atomic mass is 10.2. The summed E-state index contributed by atoms with van der Waals surface area (Å²) in [5.74, 6) is -0.316. The second kappa shape index (κ2) is 7.66. The van der Waals surface area contributed by atoms with Crippen molar-refractivity contribution < 1.29 is 14.3 Å². The largest absolute Gasteiger partial charge is 0.465 e. The maximum atomic E-state index is 12.7. The quantitative estimate of drug-likeness (QED) is 0.734. The van der Waals surface area contributed by atoms with E-state index in [1.807, 2.05) is 0 Å². The number of rotatable bonds is 7. The number of hydrogen-bond acceptors (Lipinski definition) is 2. The minimum Gasteiger partial charge on any atom is -0.465 e. The third-order valence-corrected chi connectivity index (χ3v) is 2.69. The number of carboxylic acid groups (broad SMARTS) is 1. The Bertz CT molecular complexity index is 368. The summed E-state index contributed by atoms with van der Waals surface area (Å²) in [6, 6.07) is 5.88. The van der Waals surface area contributed by atoms with Gasteiger partial charge < -0.3 is 15.7 Å². The Labute approximate surface area is 106 Å². The first-order valence-electron chi connectivity index (χ1n) is 6.06. The summed E-state index contributed by atoms with van der Waals surface area (Å²) in [7, 11) is 0. The van der Waals surface area contributed by atoms with Gasteiger partial charge in [0.05, 0.1) is 0 Å². The van der Waals surface area contributed by atoms with Gasteiger partial charge in [-0.3, -0.25) is 0 Å². The molecule has 0 unspecified atom stereocenters. The van der Waals surface area contributed by atoms with Gasteiger partial charge in [0.2, 0.25) is 0 Å². The molecule has 0 fully saturated rings. The van der Waals surface area contributed by atoms with Gasteiger partial charge >= 0.3 is 6.09 Å². The Balaban J connectivity index is 2.47. The van der Waals surface area contributed by atoms with E-state index in [0.717, 1.165) is 24.8 Å². The molecule has 0 aliphatic heterocycles. The van der Waals surface area contributed by atoms with Crippen molar-refractivity contribution >= 4 is 6.09 Å². The van der Waals surface area contributed by atoms with Crippen molar-refractivity contribution in [2.45, 2.75) is 25.8 Å². The predicted octanol–water partition coefficient (Wildman–Crippen LogP) is 2.43. The molecule has 1 amide bonds. The Kier molecular flexibility index (Phi) is 6.14. The van der Waals surface area contributed by atoms with Crippen LogP contribution in [0.4, 0.5) is 9.18 Å². The van der Waals surface area contributed by atoms with Gasteiger partial charge in [0.1, 0.15) is 5.82 Å². The van der Waals surface area contributed by atoms with Crippen LogP contribution in [0.25, 0.3) is 0 Å². The van der Waals surface area contributed by atoms with E-state index in [1.54, 1.807) is 12.1 Å². The fourth-order valence-corrected chi connectivity index (χ4v) is 1.68. The van der Waals surface area contributed by atoms with Crippen LogP contribution in [0.5, 0.6) is 0 Å². The predicted molar refractivity (Wildman–Crippen MR) is 67.7 cm³/mol. The summed E-state index contributed by atoms with van der Waals surface area (Å²) in [6.07, 6.45) is 1.67. The Morgan fingerprint density at radius 3 is 2.44 bits per heavy atom. The maximum Gasteiger partial charge on any atom is 0.407 e. The topological polar surface area (TPSA) is 66.6 Å². The minimum atomic E-state index is -0.952. The van der Waals surface area contributed by atoms with Gasteiger partial charge in [-0.25, -0.2) is 9.18 Å². The van der Waals surface area contributed by atoms with Crippen molar-refractivity contribution in [1.82, 2.24) is 4.90 Å². The highest BCUT2D eigenvalue weighted by molar-refractivity contribution is 5.64. The second-order valence-electron chi connectivity index (χ2n) is 4.18. The fourth-order valence-electron chi connectivity index (χ4n) is 1.68. The van der Waals surface area contributed by atoms with Gasteiger partial charge in [-0.2, -0.15) is 0 Å². The van der Waals surface area contributed by atoms with Gasteiger partial charge in [0, 0.05) is 13.1 Å². The van der Waals surface area contributed by atoms with Gasteiger partial charge in [-0.15, -0.1) is 0 Å². The van der Waals surface area contributed by atoms with Crippen molar-refractivity contribution in [1.29, 1.82) is 0 Å². The number of carbonyl (C=O) groups is 1. The smallest absolute Gasteiger partial charge is 0.407 e. The van der Waals surface area contributed by atoms with E-state index < -0.39 is 6.09 Å². The average molecular weight is 254 g/mol. The number of unbranched alkanes of at least 4 members (excludes halogenated alkanes) is 2. The summed E-state index contributed by atoms with van der Waals surface area (Å²) in [4.78, 5) is 12.4. The third kappa shape index (κ3) is 5.14. The molecular formula is C13H19FN2O2. The molecule has 1 rings (SSSR count). The molecule has 4 nitrogen and oxygen atoms in total. The molecule has 0 aromatic heterocycles. The van der Waals surface area contributed by atoms with Crippen LogP contribution in [0.3, 0.4) is 0 Å². The summed E-state index contributed by atoms with van der Waals surface area (Å²) < 4.78 is 12.7. The van der Waals surface area contributed by atoms with Gasteiger partial charge in [0.25, 0.3) is 0 Å². The van der Waals surface area contributed by atoms with Crippen molar-refractivity contribution in [3.8, 4) is 0 Å². The number of halogens is 1. The summed E-state index contributed by atoms with van der Waals surface area (Å²) in [5, 5.41) is 9.07. The minimum absolute atomic E-state index is 0.290. The molecule has 0 saturated carbocycles. The maximum absolute atomic E-state index is 12.7. The highest BCUT2D eigenvalue weighted by atomic mass is 19.1. The van der Waals surface area contributed by atoms with Crippen LogP contribution in [0, 0.1) is 5.82 Å². The first kappa shape index (κ1) is 14.4. The van der Waals surface area contributed by atoms with E-state index in [1.165, 1.54) is 17.0 Å². The number of amides is 1. The molecule has 0 atom stereocenters. The summed E-state index contributed by atoms with van der Waals surface area (Å²) >= 11 is 0. The third-order valence-electron chi connectivity index (χ3n) is 2.69. The first-order chi connectivity index (χ1) is 8.63. The number of nitrogens with two attached hydrogens (primary N) is 1. The number of hydrogen-bond donors (Lipinski definition) is 2. The molecule has 1 aromatic rings. The van der Waals surface area contributed by atoms with Crippen LogP contribution in [-0.2, 0) is 6.54 Å². The standard InChI is InChI=1S/C13H19FN2O2/c14-12-6-4-11(5-7-12)10-16(13(17)18)9-3-1-2-8-15/h4-7H,1-3,8-10,15H2,(H,17,18). The molecule has 0 radical (unpaired) electrons. The molecule has 0 bridgehead atoms. The molecule has 0 aliphatic carbocycles. The van der Waals surface area contributed by atoms with Crippen LogP contribution in [0.2, 0.25) is 0 Å². The van der Waals surface area contributed by atoms with Gasteiger partial charge in [0.15, 0.2) is 0 Å². The van der Waals surface area contributed by atoms with Crippen LogP contribution in [0.15, 0.2) is 24.3 Å². The van der Waals surface area contributed by atoms with E-state index in [4.69, 9.17) is 10.8 Å². The van der Waals surface area contributed by atoms with Crippen molar-refractivity contribution in [3.63, 3.8) is 0 Å². The zero-order valence-corrected chi connectivity index (χ0v) is 10.3. The van der Waals surface area contributed by atoms with Crippen LogP contribution >= 0.6 is 0 Å². The highest BCUT2D eigenvalue weighted by Crippen LogP contribution is 2.08. The molecule has 1 aromatic carbocycles. The van der Waals surface area contributed by atoms with Crippen molar-refractivity contribution in [2.24, 2.45) is 5.73 Å². The molecule has 100 valence electrons. The lowest BCUT2D eigenvalue weighted by molar-refractivity contribution is 0.141. The Morgan fingerprint density at radius 2 is 1.89 bits per heavy atom. The number of benzene rings is 1. The highest BCUT2D eigenvalue weighted by Gasteiger charge is 2.11. The molecular weight excluding hydrogens is 235 g/mol. The van der Waals surface area contributed by atoms with Gasteiger partial charge in [-0.05, 0) is 37.1 Å². The Hall–Kier alpha value is -1.62. The normalized spacial score (nSPS) is 10.3. The van der Waals surface area contributed by atoms with Crippen LogP contribution in [0.1, 0.15) is 24.8 Å². The lowest BCUT2D eigenvalue weighted by Gasteiger charge is -2.19. The summed E-state index contributed by atoms with van der Waals surface area (Å²) in [6.45, 7) is 1.40. The molecule has 0 spiro atoms. The SMILES string of the molecule is NCCCCCN(Cc1ccc(F)cc1)C(=O)O. The number of nitrogens with zero attached hydrogens (tertiary/aromatic N) is 1. The van der Waals surface area contributed by atoms with Crippen LogP contribution in [-0.4, -0.2) is 29.2 Å². The van der Waals surface area contributed by atoms with E-state index in [9.17, 15) is 9.18 Å². The molecule has 0 aliphatic rings. The Morgan fingerprint density at radius 1 is 1.22 bits per heavy atom. The van der Waals surface area contributed by atoms with Crippen molar-refractivity contribution in [3.05, 3.63) is 35.6 Å². The van der Waals surface area contributed by atoms with Gasteiger partial charge in [-0.1, -0.05) is 18.6 Å². The molecule has 0 saturated heterocycles. The van der Waals surface area contributed by atoms with Crippen molar-refractivity contribution in [2.75, 3.05) is 13.1 Å². The molecule has 3 N–H and O–H groups in total. The zero-order valence-electron chi connectivity index (χ0n) is 10.3. The molecule has 5 heteroatoms. The second-order valence-corrected chi connectivity index (χ2v) is 4.18. The monoisotopic (exact) mass is 254 g/mol. The average Bonchev–Trinajstić information content (AvgIpc) is 2.35. The van der Waals surface area contributed by atoms with E-state index in [2.05, 4.69) is 0 Å². The van der Waals surface area contributed by atoms with E-state index >= 15 is 0 Å². The summed E-state index contributed by atoms with van der Waals surface area (Å²) in [5.41, 5.74) is 6.17. The van der Waals surface area contributed by atoms with E-state index in [-0.39, 0.29) is 12.4 Å². The lowest BCUT2D eigenvalue weighted by Crippen LogP contribution is -2.30. The molecule has 18 heavy (non-hydrogen) atoms. The first-order valence-corrected chi connectivity index (χ1v) is 6.06. The molecule has 0 heterocycles. The fraction of sp³-hybridized carbons (Fsp3) is 0.462.